The average Bonchev–Trinajstić information content (AvgIpc) is 2.39. The van der Waals surface area contributed by atoms with Gasteiger partial charge in [-0.3, -0.25) is 14.5 Å². The van der Waals surface area contributed by atoms with Crippen molar-refractivity contribution in [1.29, 1.82) is 0 Å². The zero-order valence-electron chi connectivity index (χ0n) is 10.8. The van der Waals surface area contributed by atoms with Gasteiger partial charge in [-0.15, -0.1) is 0 Å². The second-order valence-electron chi connectivity index (χ2n) is 4.67. The number of likely N-dealkylation sites (tertiary alicyclic amines) is 1. The van der Waals surface area contributed by atoms with Gasteiger partial charge in [-0.2, -0.15) is 0 Å². The Hall–Kier alpha value is -1.82. The van der Waals surface area contributed by atoms with Crippen molar-refractivity contribution < 1.29 is 13.9 Å². The maximum atomic E-state index is 11.7. The molecule has 0 aliphatic carbocycles. The third-order valence-corrected chi connectivity index (χ3v) is 3.05. The molecule has 104 valence electrons. The standard InChI is InChI=1S/C13H18N2O4/c14-13(17)9-19-12-8-18-10(6-11(12)16)7-15-4-2-1-3-5-15/h6,8H,1-5,7,9H2,(H2,14,17). The highest BCUT2D eigenvalue weighted by Crippen LogP contribution is 2.13. The number of hydrogen-bond donors (Lipinski definition) is 1. The van der Waals surface area contributed by atoms with E-state index in [1.165, 1.54) is 31.6 Å². The Morgan fingerprint density at radius 2 is 2.11 bits per heavy atom. The Labute approximate surface area is 111 Å². The fourth-order valence-corrected chi connectivity index (χ4v) is 2.11. The van der Waals surface area contributed by atoms with Crippen LogP contribution in [0.25, 0.3) is 0 Å². The summed E-state index contributed by atoms with van der Waals surface area (Å²) in [5.41, 5.74) is 4.65. The van der Waals surface area contributed by atoms with Crippen LogP contribution in [-0.4, -0.2) is 30.5 Å². The molecule has 0 spiro atoms. The van der Waals surface area contributed by atoms with Gasteiger partial charge in [-0.05, 0) is 25.9 Å². The molecule has 0 radical (unpaired) electrons. The van der Waals surface area contributed by atoms with Crippen molar-refractivity contribution in [1.82, 2.24) is 4.90 Å². The number of piperidine rings is 1. The van der Waals surface area contributed by atoms with Crippen LogP contribution in [0.15, 0.2) is 21.5 Å². The van der Waals surface area contributed by atoms with Crippen LogP contribution in [0, 0.1) is 0 Å². The lowest BCUT2D eigenvalue weighted by atomic mass is 10.1. The van der Waals surface area contributed by atoms with Gasteiger partial charge in [0.25, 0.3) is 5.91 Å². The summed E-state index contributed by atoms with van der Waals surface area (Å²) in [6.07, 6.45) is 4.87. The minimum absolute atomic E-state index is 0.0150. The molecule has 1 amide bonds. The van der Waals surface area contributed by atoms with Gasteiger partial charge in [0.2, 0.25) is 11.2 Å². The lowest BCUT2D eigenvalue weighted by Gasteiger charge is -2.25. The Kier molecular flexibility index (Phi) is 4.57. The Morgan fingerprint density at radius 3 is 2.74 bits per heavy atom. The molecule has 1 aliphatic heterocycles. The molecule has 19 heavy (non-hydrogen) atoms. The van der Waals surface area contributed by atoms with Gasteiger partial charge in [0.1, 0.15) is 12.0 Å². The van der Waals surface area contributed by atoms with E-state index in [9.17, 15) is 9.59 Å². The number of primary amides is 1. The minimum atomic E-state index is -0.628. The molecule has 2 N–H and O–H groups in total. The molecule has 1 fully saturated rings. The molecular weight excluding hydrogens is 248 g/mol. The molecule has 1 aromatic rings. The molecule has 0 aromatic carbocycles. The molecule has 6 heteroatoms. The van der Waals surface area contributed by atoms with Crippen LogP contribution in [0.4, 0.5) is 0 Å². The molecular formula is C13H18N2O4. The van der Waals surface area contributed by atoms with E-state index in [1.807, 2.05) is 0 Å². The van der Waals surface area contributed by atoms with Crippen LogP contribution >= 0.6 is 0 Å². The molecule has 1 aliphatic rings. The van der Waals surface area contributed by atoms with E-state index < -0.39 is 5.91 Å². The fraction of sp³-hybridized carbons (Fsp3) is 0.538. The van der Waals surface area contributed by atoms with Crippen molar-refractivity contribution in [2.45, 2.75) is 25.8 Å². The van der Waals surface area contributed by atoms with Crippen molar-refractivity contribution in [3.63, 3.8) is 0 Å². The van der Waals surface area contributed by atoms with Crippen molar-refractivity contribution in [3.05, 3.63) is 28.3 Å². The summed E-state index contributed by atoms with van der Waals surface area (Å²) in [6, 6.07) is 1.41. The summed E-state index contributed by atoms with van der Waals surface area (Å²) in [7, 11) is 0. The molecule has 1 saturated heterocycles. The van der Waals surface area contributed by atoms with E-state index >= 15 is 0 Å². The number of hydrogen-bond acceptors (Lipinski definition) is 5. The van der Waals surface area contributed by atoms with Gasteiger partial charge < -0.3 is 14.9 Å². The van der Waals surface area contributed by atoms with E-state index in [2.05, 4.69) is 4.90 Å². The second-order valence-corrected chi connectivity index (χ2v) is 4.67. The average molecular weight is 266 g/mol. The molecule has 6 nitrogen and oxygen atoms in total. The molecule has 2 rings (SSSR count). The number of carbonyl (C=O) groups is 1. The van der Waals surface area contributed by atoms with E-state index in [-0.39, 0.29) is 17.8 Å². The van der Waals surface area contributed by atoms with Gasteiger partial charge >= 0.3 is 0 Å². The van der Waals surface area contributed by atoms with Gasteiger partial charge in [0.15, 0.2) is 6.61 Å². The van der Waals surface area contributed by atoms with E-state index in [0.717, 1.165) is 13.1 Å². The largest absolute Gasteiger partial charge is 0.477 e. The van der Waals surface area contributed by atoms with Gasteiger partial charge in [-0.25, -0.2) is 0 Å². The van der Waals surface area contributed by atoms with Crippen LogP contribution in [0.1, 0.15) is 25.0 Å². The predicted octanol–water partition coefficient (Wildman–Crippen LogP) is 0.490. The highest BCUT2D eigenvalue weighted by Gasteiger charge is 2.13. The number of nitrogens with zero attached hydrogens (tertiary/aromatic N) is 1. The summed E-state index contributed by atoms with van der Waals surface area (Å²) in [4.78, 5) is 24.6. The van der Waals surface area contributed by atoms with Crippen molar-refractivity contribution in [2.75, 3.05) is 19.7 Å². The molecule has 0 unspecified atom stereocenters. The maximum Gasteiger partial charge on any atom is 0.255 e. The molecule has 0 bridgehead atoms. The van der Waals surface area contributed by atoms with E-state index in [0.29, 0.717) is 12.3 Å². The first-order valence-electron chi connectivity index (χ1n) is 6.40. The zero-order chi connectivity index (χ0) is 13.7. The van der Waals surface area contributed by atoms with E-state index in [1.54, 1.807) is 0 Å². The molecule has 0 atom stereocenters. The lowest BCUT2D eigenvalue weighted by molar-refractivity contribution is -0.119. The normalized spacial score (nSPS) is 16.2. The maximum absolute atomic E-state index is 11.7. The minimum Gasteiger partial charge on any atom is -0.477 e. The first-order valence-corrected chi connectivity index (χ1v) is 6.40. The highest BCUT2D eigenvalue weighted by molar-refractivity contribution is 5.75. The summed E-state index contributed by atoms with van der Waals surface area (Å²) in [6.45, 7) is 2.37. The number of nitrogens with two attached hydrogens (primary N) is 1. The van der Waals surface area contributed by atoms with Crippen LogP contribution in [-0.2, 0) is 11.3 Å². The summed E-state index contributed by atoms with van der Waals surface area (Å²) in [5, 5.41) is 0. The third-order valence-electron chi connectivity index (χ3n) is 3.05. The Balaban J connectivity index is 1.97. The second kappa shape index (κ2) is 6.38. The first-order chi connectivity index (χ1) is 9.15. The Morgan fingerprint density at radius 1 is 1.37 bits per heavy atom. The summed E-state index contributed by atoms with van der Waals surface area (Å²) in [5.74, 6) is -0.00341. The number of carbonyl (C=O) groups excluding carboxylic acids is 1. The number of rotatable bonds is 5. The van der Waals surface area contributed by atoms with Crippen molar-refractivity contribution in [2.24, 2.45) is 5.73 Å². The SMILES string of the molecule is NC(=O)COc1coc(CN2CCCCC2)cc1=O. The number of amides is 1. The van der Waals surface area contributed by atoms with Gasteiger partial charge in [0.05, 0.1) is 6.54 Å². The van der Waals surface area contributed by atoms with Gasteiger partial charge in [0, 0.05) is 6.07 Å². The van der Waals surface area contributed by atoms with Crippen LogP contribution in [0.3, 0.4) is 0 Å². The lowest BCUT2D eigenvalue weighted by Crippen LogP contribution is -2.29. The zero-order valence-corrected chi connectivity index (χ0v) is 10.8. The quantitative estimate of drug-likeness (QED) is 0.838. The van der Waals surface area contributed by atoms with Gasteiger partial charge in [-0.1, -0.05) is 6.42 Å². The van der Waals surface area contributed by atoms with Crippen LogP contribution < -0.4 is 15.9 Å². The third kappa shape index (κ3) is 4.10. The predicted molar refractivity (Wildman–Crippen MR) is 68.8 cm³/mol. The van der Waals surface area contributed by atoms with Crippen LogP contribution in [0.2, 0.25) is 0 Å². The van der Waals surface area contributed by atoms with Crippen LogP contribution in [0.5, 0.6) is 5.75 Å². The van der Waals surface area contributed by atoms with Crippen molar-refractivity contribution >= 4 is 5.91 Å². The van der Waals surface area contributed by atoms with E-state index in [4.69, 9.17) is 14.9 Å². The molecule has 2 heterocycles. The number of ether oxygens (including phenoxy) is 1. The molecule has 0 saturated carbocycles. The highest BCUT2D eigenvalue weighted by atomic mass is 16.5. The fourth-order valence-electron chi connectivity index (χ4n) is 2.11. The van der Waals surface area contributed by atoms with Crippen molar-refractivity contribution in [3.8, 4) is 5.75 Å². The Bertz CT molecular complexity index is 492. The summed E-state index contributed by atoms with van der Waals surface area (Å²) < 4.78 is 10.3. The molecule has 1 aromatic heterocycles. The monoisotopic (exact) mass is 266 g/mol. The summed E-state index contributed by atoms with van der Waals surface area (Å²) >= 11 is 0. The smallest absolute Gasteiger partial charge is 0.255 e. The topological polar surface area (TPSA) is 85.8 Å². The first kappa shape index (κ1) is 13.6.